The first-order valence-electron chi connectivity index (χ1n) is 4.11. The molecule has 76 valence electrons. The maximum atomic E-state index is 12.9. The van der Waals surface area contributed by atoms with Gasteiger partial charge >= 0.3 is 0 Å². The summed E-state index contributed by atoms with van der Waals surface area (Å²) >= 11 is 11.7. The smallest absolute Gasteiger partial charge is 0.213 e. The molecule has 0 aromatic carbocycles. The van der Waals surface area contributed by atoms with Gasteiger partial charge in [-0.3, -0.25) is 4.98 Å². The zero-order valence-corrected chi connectivity index (χ0v) is 8.93. The topological polar surface area (TPSA) is 25.8 Å². The predicted molar refractivity (Wildman–Crippen MR) is 57.4 cm³/mol. The highest BCUT2D eigenvalue weighted by Gasteiger charge is 2.08. The van der Waals surface area contributed by atoms with Gasteiger partial charge in [-0.1, -0.05) is 23.2 Å². The molecule has 5 heteroatoms. The fourth-order valence-corrected chi connectivity index (χ4v) is 1.49. The van der Waals surface area contributed by atoms with E-state index in [2.05, 4.69) is 9.97 Å². The largest absolute Gasteiger partial charge is 0.254 e. The lowest BCUT2D eigenvalue weighted by Crippen LogP contribution is -1.91. The van der Waals surface area contributed by atoms with Gasteiger partial charge in [-0.2, -0.15) is 4.39 Å². The van der Waals surface area contributed by atoms with Gasteiger partial charge in [0.05, 0.1) is 10.7 Å². The van der Waals surface area contributed by atoms with Crippen LogP contribution in [0.2, 0.25) is 10.0 Å². The third kappa shape index (κ3) is 2.25. The molecule has 0 saturated carbocycles. The normalized spacial score (nSPS) is 10.3. The first-order valence-corrected chi connectivity index (χ1v) is 4.86. The summed E-state index contributed by atoms with van der Waals surface area (Å²) < 4.78 is 12.9. The molecule has 2 rings (SSSR count). The summed E-state index contributed by atoms with van der Waals surface area (Å²) in [5, 5.41) is 0.841. The van der Waals surface area contributed by atoms with Crippen LogP contribution in [0.15, 0.2) is 30.5 Å². The molecule has 0 saturated heterocycles. The highest BCUT2D eigenvalue weighted by atomic mass is 35.5. The Labute approximate surface area is 95.7 Å². The van der Waals surface area contributed by atoms with Gasteiger partial charge in [-0.15, -0.1) is 0 Å². The molecule has 15 heavy (non-hydrogen) atoms. The van der Waals surface area contributed by atoms with E-state index in [-0.39, 0.29) is 0 Å². The zero-order valence-electron chi connectivity index (χ0n) is 7.42. The summed E-state index contributed by atoms with van der Waals surface area (Å²) in [6.07, 6.45) is 1.51. The standard InChI is InChI=1S/C10H5Cl2FN2/c11-6-3-4-14-8(5-6)10-7(12)1-2-9(13)15-10/h1-5H. The fourth-order valence-electron chi connectivity index (χ4n) is 1.13. The van der Waals surface area contributed by atoms with Crippen molar-refractivity contribution in [1.82, 2.24) is 9.97 Å². The predicted octanol–water partition coefficient (Wildman–Crippen LogP) is 3.59. The summed E-state index contributed by atoms with van der Waals surface area (Å²) in [4.78, 5) is 7.68. The highest BCUT2D eigenvalue weighted by Crippen LogP contribution is 2.25. The van der Waals surface area contributed by atoms with E-state index in [0.29, 0.717) is 21.4 Å². The van der Waals surface area contributed by atoms with Gasteiger partial charge in [-0.25, -0.2) is 4.98 Å². The minimum absolute atomic E-state index is 0.291. The van der Waals surface area contributed by atoms with E-state index in [1.165, 1.54) is 18.3 Å². The lowest BCUT2D eigenvalue weighted by atomic mass is 10.2. The molecule has 2 aromatic rings. The van der Waals surface area contributed by atoms with Gasteiger partial charge in [-0.05, 0) is 24.3 Å². The monoisotopic (exact) mass is 242 g/mol. The van der Waals surface area contributed by atoms with Crippen molar-refractivity contribution in [3.8, 4) is 11.4 Å². The van der Waals surface area contributed by atoms with Crippen LogP contribution in [0.3, 0.4) is 0 Å². The lowest BCUT2D eigenvalue weighted by Gasteiger charge is -2.02. The third-order valence-corrected chi connectivity index (χ3v) is 2.32. The van der Waals surface area contributed by atoms with Crippen LogP contribution in [0.5, 0.6) is 0 Å². The molecule has 0 spiro atoms. The molecule has 2 aromatic heterocycles. The van der Waals surface area contributed by atoms with Gasteiger partial charge in [0.25, 0.3) is 0 Å². The van der Waals surface area contributed by atoms with Crippen LogP contribution in [0, 0.1) is 5.95 Å². The van der Waals surface area contributed by atoms with E-state index in [4.69, 9.17) is 23.2 Å². The summed E-state index contributed by atoms with van der Waals surface area (Å²) in [7, 11) is 0. The Kier molecular flexibility index (Phi) is 2.84. The van der Waals surface area contributed by atoms with E-state index in [0.717, 1.165) is 0 Å². The maximum Gasteiger partial charge on any atom is 0.213 e. The van der Waals surface area contributed by atoms with Crippen LogP contribution in [0.1, 0.15) is 0 Å². The fraction of sp³-hybridized carbons (Fsp3) is 0. The Morgan fingerprint density at radius 1 is 1.13 bits per heavy atom. The van der Waals surface area contributed by atoms with Crippen molar-refractivity contribution >= 4 is 23.2 Å². The summed E-state index contributed by atoms with van der Waals surface area (Å²) in [6.45, 7) is 0. The quantitative estimate of drug-likeness (QED) is 0.715. The first-order chi connectivity index (χ1) is 7.16. The average molecular weight is 243 g/mol. The molecule has 0 N–H and O–H groups in total. The lowest BCUT2D eigenvalue weighted by molar-refractivity contribution is 0.585. The van der Waals surface area contributed by atoms with Gasteiger partial charge in [0.1, 0.15) is 5.69 Å². The highest BCUT2D eigenvalue weighted by molar-refractivity contribution is 6.33. The average Bonchev–Trinajstić information content (AvgIpc) is 2.22. The first kappa shape index (κ1) is 10.3. The number of rotatable bonds is 1. The van der Waals surface area contributed by atoms with E-state index in [1.54, 1.807) is 12.1 Å². The van der Waals surface area contributed by atoms with Crippen LogP contribution in [0.4, 0.5) is 4.39 Å². The van der Waals surface area contributed by atoms with E-state index in [1.807, 2.05) is 0 Å². The number of aromatic nitrogens is 2. The Morgan fingerprint density at radius 3 is 2.67 bits per heavy atom. The minimum Gasteiger partial charge on any atom is -0.254 e. The number of nitrogens with zero attached hydrogens (tertiary/aromatic N) is 2. The Morgan fingerprint density at radius 2 is 1.93 bits per heavy atom. The van der Waals surface area contributed by atoms with Crippen molar-refractivity contribution in [1.29, 1.82) is 0 Å². The van der Waals surface area contributed by atoms with Gasteiger partial charge in [0, 0.05) is 11.2 Å². The maximum absolute atomic E-state index is 12.9. The zero-order chi connectivity index (χ0) is 10.8. The molecule has 0 aliphatic rings. The number of hydrogen-bond donors (Lipinski definition) is 0. The van der Waals surface area contributed by atoms with Crippen LogP contribution < -0.4 is 0 Å². The van der Waals surface area contributed by atoms with Crippen LogP contribution in [-0.2, 0) is 0 Å². The molecule has 2 nitrogen and oxygen atoms in total. The second kappa shape index (κ2) is 4.13. The molecule has 0 aliphatic carbocycles. The van der Waals surface area contributed by atoms with Crippen molar-refractivity contribution in [2.45, 2.75) is 0 Å². The Hall–Kier alpha value is -1.19. The van der Waals surface area contributed by atoms with Crippen molar-refractivity contribution in [3.05, 3.63) is 46.5 Å². The van der Waals surface area contributed by atoms with Gasteiger partial charge in [0.2, 0.25) is 5.95 Å². The number of hydrogen-bond acceptors (Lipinski definition) is 2. The molecular weight excluding hydrogens is 238 g/mol. The molecule has 0 radical (unpaired) electrons. The van der Waals surface area contributed by atoms with E-state index < -0.39 is 5.95 Å². The second-order valence-corrected chi connectivity index (χ2v) is 3.67. The molecule has 0 fully saturated rings. The summed E-state index contributed by atoms with van der Waals surface area (Å²) in [6, 6.07) is 5.83. The van der Waals surface area contributed by atoms with Crippen LogP contribution in [0.25, 0.3) is 11.4 Å². The van der Waals surface area contributed by atoms with Crippen molar-refractivity contribution in [2.75, 3.05) is 0 Å². The summed E-state index contributed by atoms with van der Waals surface area (Å²) in [5.74, 6) is -0.601. The molecule has 0 amide bonds. The van der Waals surface area contributed by atoms with E-state index >= 15 is 0 Å². The number of pyridine rings is 2. The van der Waals surface area contributed by atoms with Gasteiger partial charge < -0.3 is 0 Å². The SMILES string of the molecule is Fc1ccc(Cl)c(-c2cc(Cl)ccn2)n1. The Bertz CT molecular complexity index is 503. The van der Waals surface area contributed by atoms with Crippen molar-refractivity contribution < 1.29 is 4.39 Å². The molecule has 0 bridgehead atoms. The molecule has 2 heterocycles. The molecule has 0 aliphatic heterocycles. The van der Waals surface area contributed by atoms with E-state index in [9.17, 15) is 4.39 Å². The third-order valence-electron chi connectivity index (χ3n) is 1.78. The van der Waals surface area contributed by atoms with Gasteiger partial charge in [0.15, 0.2) is 0 Å². The summed E-state index contributed by atoms with van der Waals surface area (Å²) in [5.41, 5.74) is 0.742. The molecule has 0 unspecified atom stereocenters. The second-order valence-electron chi connectivity index (χ2n) is 2.82. The van der Waals surface area contributed by atoms with Crippen LogP contribution >= 0.6 is 23.2 Å². The Balaban J connectivity index is 2.58. The number of halogens is 3. The minimum atomic E-state index is -0.601. The molecular formula is C10H5Cl2FN2. The van der Waals surface area contributed by atoms with Crippen LogP contribution in [-0.4, -0.2) is 9.97 Å². The molecule has 0 atom stereocenters. The van der Waals surface area contributed by atoms with Crippen molar-refractivity contribution in [3.63, 3.8) is 0 Å². The van der Waals surface area contributed by atoms with Crippen molar-refractivity contribution in [2.24, 2.45) is 0 Å².